The number of benzene rings is 1. The second-order valence-corrected chi connectivity index (χ2v) is 8.55. The Morgan fingerprint density at radius 1 is 1.34 bits per heavy atom. The monoisotopic (exact) mass is 408 g/mol. The lowest BCUT2D eigenvalue weighted by atomic mass is 10.1. The minimum atomic E-state index is -0.363. The molecule has 0 bridgehead atoms. The molecule has 1 amide bonds. The smallest absolute Gasteiger partial charge is 0.240 e. The zero-order valence-corrected chi connectivity index (χ0v) is 16.9. The van der Waals surface area contributed by atoms with Gasteiger partial charge in [0, 0.05) is 34.8 Å². The summed E-state index contributed by atoms with van der Waals surface area (Å²) in [7, 11) is 0. The number of hydrogen-bond donors (Lipinski definition) is 2. The van der Waals surface area contributed by atoms with E-state index in [1.54, 1.807) is 6.07 Å². The number of anilines is 1. The van der Waals surface area contributed by atoms with Gasteiger partial charge in [0.1, 0.15) is 0 Å². The van der Waals surface area contributed by atoms with Gasteiger partial charge in [-0.1, -0.05) is 35.1 Å². The van der Waals surface area contributed by atoms with Crippen LogP contribution in [0.25, 0.3) is 22.3 Å². The lowest BCUT2D eigenvalue weighted by Gasteiger charge is -2.12. The molecule has 1 fully saturated rings. The first kappa shape index (κ1) is 18.0. The van der Waals surface area contributed by atoms with Crippen molar-refractivity contribution in [2.45, 2.75) is 43.1 Å². The summed E-state index contributed by atoms with van der Waals surface area (Å²) in [6.07, 6.45) is 4.17. The number of carbonyl (C=O) groups excluding carboxylic acids is 1. The Bertz CT molecular complexity index is 1190. The maximum atomic E-state index is 12.6. The fraction of sp³-hybridized carbons (Fsp3) is 0.300. The van der Waals surface area contributed by atoms with Crippen LogP contribution in [-0.2, 0) is 4.79 Å². The van der Waals surface area contributed by atoms with E-state index in [0.717, 1.165) is 46.0 Å². The first-order valence-corrected chi connectivity index (χ1v) is 10.4. The van der Waals surface area contributed by atoms with Gasteiger partial charge in [0.15, 0.2) is 11.0 Å². The van der Waals surface area contributed by atoms with Crippen molar-refractivity contribution >= 4 is 34.5 Å². The Kier molecular flexibility index (Phi) is 4.39. The predicted molar refractivity (Wildman–Crippen MR) is 111 cm³/mol. The summed E-state index contributed by atoms with van der Waals surface area (Å²) in [5.74, 6) is 1.03. The Hall–Kier alpha value is -3.07. The number of nitrogens with zero attached hydrogens (tertiary/aromatic N) is 4. The first-order chi connectivity index (χ1) is 14.1. The highest BCUT2D eigenvalue weighted by molar-refractivity contribution is 8.00. The molecular formula is C20H20N6O2S. The molecule has 3 heterocycles. The number of rotatable bonds is 6. The quantitative estimate of drug-likeness (QED) is 0.464. The maximum absolute atomic E-state index is 12.6. The molecule has 0 spiro atoms. The molecule has 0 saturated heterocycles. The predicted octanol–water partition coefficient (Wildman–Crippen LogP) is 4.18. The van der Waals surface area contributed by atoms with Gasteiger partial charge in [-0.2, -0.15) is 0 Å². The molecule has 1 unspecified atom stereocenters. The highest BCUT2D eigenvalue weighted by Crippen LogP contribution is 2.42. The third kappa shape index (κ3) is 3.42. The molecule has 1 aliphatic carbocycles. The van der Waals surface area contributed by atoms with Crippen molar-refractivity contribution < 1.29 is 9.32 Å². The van der Waals surface area contributed by atoms with Gasteiger partial charge in [0.05, 0.1) is 10.9 Å². The largest absolute Gasteiger partial charge is 0.360 e. The molecular weight excluding hydrogens is 388 g/mol. The van der Waals surface area contributed by atoms with Gasteiger partial charge in [0.2, 0.25) is 11.8 Å². The van der Waals surface area contributed by atoms with Crippen molar-refractivity contribution in [2.75, 3.05) is 5.32 Å². The zero-order chi connectivity index (χ0) is 20.0. The highest BCUT2D eigenvalue weighted by atomic mass is 32.2. The van der Waals surface area contributed by atoms with Crippen LogP contribution in [0.3, 0.4) is 0 Å². The van der Waals surface area contributed by atoms with Gasteiger partial charge in [-0.15, -0.1) is 10.2 Å². The fourth-order valence-corrected chi connectivity index (χ4v) is 4.24. The number of para-hydroxylation sites is 1. The van der Waals surface area contributed by atoms with Crippen LogP contribution >= 0.6 is 11.8 Å². The van der Waals surface area contributed by atoms with E-state index in [0.29, 0.717) is 11.9 Å². The van der Waals surface area contributed by atoms with Gasteiger partial charge in [0.25, 0.3) is 0 Å². The third-order valence-corrected chi connectivity index (χ3v) is 5.99. The first-order valence-electron chi connectivity index (χ1n) is 9.52. The van der Waals surface area contributed by atoms with E-state index in [1.807, 2.05) is 38.2 Å². The van der Waals surface area contributed by atoms with Crippen LogP contribution < -0.4 is 5.32 Å². The van der Waals surface area contributed by atoms with E-state index in [1.165, 1.54) is 11.8 Å². The van der Waals surface area contributed by atoms with Crippen molar-refractivity contribution in [2.24, 2.45) is 0 Å². The number of aromatic amines is 1. The van der Waals surface area contributed by atoms with Crippen LogP contribution in [-0.4, -0.2) is 36.1 Å². The summed E-state index contributed by atoms with van der Waals surface area (Å²) in [5, 5.41) is 17.0. The summed E-state index contributed by atoms with van der Waals surface area (Å²) in [6, 6.07) is 10.2. The molecule has 148 valence electrons. The van der Waals surface area contributed by atoms with Crippen LogP contribution in [0.4, 0.5) is 5.88 Å². The molecule has 9 heteroatoms. The Morgan fingerprint density at radius 2 is 2.17 bits per heavy atom. The van der Waals surface area contributed by atoms with Crippen LogP contribution in [0.15, 0.2) is 46.2 Å². The van der Waals surface area contributed by atoms with Gasteiger partial charge in [-0.3, -0.25) is 14.7 Å². The third-order valence-electron chi connectivity index (χ3n) is 4.93. The summed E-state index contributed by atoms with van der Waals surface area (Å²) in [5.41, 5.74) is 2.82. The molecule has 1 atom stereocenters. The Labute approximate surface area is 171 Å². The van der Waals surface area contributed by atoms with Gasteiger partial charge >= 0.3 is 0 Å². The van der Waals surface area contributed by atoms with Crippen LogP contribution in [0.1, 0.15) is 31.5 Å². The SMILES string of the molecule is Cc1cc(NC(=O)C(C)Sc2nnc(-c3c[nH]c4ccccc34)n2C2CC2)on1. The number of thioether (sulfide) groups is 1. The molecule has 3 aromatic heterocycles. The minimum Gasteiger partial charge on any atom is -0.360 e. The number of aromatic nitrogens is 5. The molecule has 29 heavy (non-hydrogen) atoms. The molecule has 2 N–H and O–H groups in total. The normalized spacial score (nSPS) is 15.0. The summed E-state index contributed by atoms with van der Waals surface area (Å²) in [4.78, 5) is 15.9. The van der Waals surface area contributed by atoms with E-state index in [9.17, 15) is 4.79 Å². The van der Waals surface area contributed by atoms with E-state index >= 15 is 0 Å². The Balaban J connectivity index is 1.42. The lowest BCUT2D eigenvalue weighted by molar-refractivity contribution is -0.115. The molecule has 0 aliphatic heterocycles. The number of aryl methyl sites for hydroxylation is 1. The second kappa shape index (κ2) is 7.07. The average Bonchev–Trinajstić information content (AvgIpc) is 3.12. The molecule has 4 aromatic rings. The van der Waals surface area contributed by atoms with Crippen molar-refractivity contribution in [1.82, 2.24) is 24.9 Å². The molecule has 1 aliphatic rings. The van der Waals surface area contributed by atoms with Crippen LogP contribution in [0.2, 0.25) is 0 Å². The van der Waals surface area contributed by atoms with E-state index in [2.05, 4.69) is 36.3 Å². The summed E-state index contributed by atoms with van der Waals surface area (Å²) in [6.45, 7) is 3.65. The highest BCUT2D eigenvalue weighted by Gasteiger charge is 2.32. The average molecular weight is 408 g/mol. The van der Waals surface area contributed by atoms with Crippen molar-refractivity contribution in [3.63, 3.8) is 0 Å². The number of carbonyl (C=O) groups is 1. The number of fused-ring (bicyclic) bond motifs is 1. The van der Waals surface area contributed by atoms with Crippen LogP contribution in [0.5, 0.6) is 0 Å². The van der Waals surface area contributed by atoms with E-state index in [-0.39, 0.29) is 11.2 Å². The van der Waals surface area contributed by atoms with Gasteiger partial charge in [-0.25, -0.2) is 0 Å². The Morgan fingerprint density at radius 3 is 2.93 bits per heavy atom. The maximum Gasteiger partial charge on any atom is 0.240 e. The standard InChI is InChI=1S/C20H20N6O2S/c1-11-9-17(28-25-11)22-19(27)12(2)29-20-24-23-18(26(20)13-7-8-13)15-10-21-16-6-4-3-5-14(15)16/h3-6,9-10,12-13,21H,7-8H2,1-2H3,(H,22,27). The molecule has 8 nitrogen and oxygen atoms in total. The minimum absolute atomic E-state index is 0.162. The van der Waals surface area contributed by atoms with E-state index < -0.39 is 0 Å². The van der Waals surface area contributed by atoms with Crippen molar-refractivity contribution in [3.05, 3.63) is 42.2 Å². The van der Waals surface area contributed by atoms with Crippen molar-refractivity contribution in [1.29, 1.82) is 0 Å². The van der Waals surface area contributed by atoms with Gasteiger partial charge in [-0.05, 0) is 32.8 Å². The number of amides is 1. The second-order valence-electron chi connectivity index (χ2n) is 7.24. The van der Waals surface area contributed by atoms with Gasteiger partial charge < -0.3 is 9.51 Å². The van der Waals surface area contributed by atoms with Crippen molar-refractivity contribution in [3.8, 4) is 11.4 Å². The number of H-pyrrole nitrogens is 1. The molecule has 0 radical (unpaired) electrons. The fourth-order valence-electron chi connectivity index (χ4n) is 3.32. The number of hydrogen-bond acceptors (Lipinski definition) is 6. The molecule has 1 saturated carbocycles. The van der Waals surface area contributed by atoms with Crippen LogP contribution in [0, 0.1) is 6.92 Å². The summed E-state index contributed by atoms with van der Waals surface area (Å²) >= 11 is 1.40. The van der Waals surface area contributed by atoms with E-state index in [4.69, 9.17) is 4.52 Å². The topological polar surface area (TPSA) is 102 Å². The zero-order valence-electron chi connectivity index (χ0n) is 16.0. The summed E-state index contributed by atoms with van der Waals surface area (Å²) < 4.78 is 7.24. The lowest BCUT2D eigenvalue weighted by Crippen LogP contribution is -2.22. The molecule has 1 aromatic carbocycles. The number of nitrogens with one attached hydrogen (secondary N) is 2. The molecule has 5 rings (SSSR count).